The quantitative estimate of drug-likeness (QED) is 0.304. The van der Waals surface area contributed by atoms with Crippen LogP contribution >= 0.6 is 0 Å². The number of rotatable bonds is 4. The van der Waals surface area contributed by atoms with Crippen LogP contribution in [0.3, 0.4) is 0 Å². The predicted octanol–water partition coefficient (Wildman–Crippen LogP) is 4.04. The lowest BCUT2D eigenvalue weighted by Crippen LogP contribution is -2.42. The van der Waals surface area contributed by atoms with Crippen LogP contribution in [-0.2, 0) is 7.05 Å². The third-order valence-corrected chi connectivity index (χ3v) is 8.87. The Morgan fingerprint density at radius 1 is 1.15 bits per heavy atom. The number of carboxylic acid groups (broad SMARTS) is 1. The molecule has 0 spiro atoms. The highest BCUT2D eigenvalue weighted by atomic mass is 19.1. The highest BCUT2D eigenvalue weighted by molar-refractivity contribution is 6.18. The molecule has 210 valence electrons. The fourth-order valence-corrected chi connectivity index (χ4v) is 6.90. The molecule has 7 rings (SSSR count). The Bertz CT molecular complexity index is 1950. The first-order valence-corrected chi connectivity index (χ1v) is 13.7. The van der Waals surface area contributed by atoms with Gasteiger partial charge in [0.15, 0.2) is 0 Å². The molecule has 0 radical (unpaired) electrons. The third kappa shape index (κ3) is 3.86. The van der Waals surface area contributed by atoms with E-state index in [1.807, 2.05) is 0 Å². The second kappa shape index (κ2) is 9.27. The number of hydrogen-bond acceptors (Lipinski definition) is 7. The summed E-state index contributed by atoms with van der Waals surface area (Å²) in [7, 11) is 5.60. The van der Waals surface area contributed by atoms with Gasteiger partial charge in [-0.3, -0.25) is 4.79 Å². The summed E-state index contributed by atoms with van der Waals surface area (Å²) in [4.78, 5) is 42.5. The Kier molecular flexibility index (Phi) is 5.75. The monoisotopic (exact) mass is 555 g/mol. The van der Waals surface area contributed by atoms with Crippen LogP contribution in [0.2, 0.25) is 0 Å². The van der Waals surface area contributed by atoms with E-state index in [1.54, 1.807) is 37.1 Å². The van der Waals surface area contributed by atoms with Gasteiger partial charge in [0.25, 0.3) is 0 Å². The summed E-state index contributed by atoms with van der Waals surface area (Å²) < 4.78 is 16.4. The summed E-state index contributed by atoms with van der Waals surface area (Å²) in [6, 6.07) is 5.09. The standard InChI is InChI=1S/C30H30FN7O3/c1-32-22-9-17(31)8-18-24-26(38-12-15-5-4-6-36(2)23(15)14-38)20(11-33-28(24)35-25(18)22)16-7-19-27(39)21(30(40)41)13-37(3)29(19)34-10-16/h7-11,13,15,23,32H,4-6,12,14H2,1-3H3,(H,33,35)(H,40,41)/t15-,23+/m1/s1. The summed E-state index contributed by atoms with van der Waals surface area (Å²) in [5.41, 5.74) is 3.84. The van der Waals surface area contributed by atoms with Crippen LogP contribution in [0.1, 0.15) is 23.2 Å². The van der Waals surface area contributed by atoms with E-state index in [-0.39, 0.29) is 16.8 Å². The largest absolute Gasteiger partial charge is 0.477 e. The van der Waals surface area contributed by atoms with E-state index in [9.17, 15) is 19.1 Å². The highest BCUT2D eigenvalue weighted by Crippen LogP contribution is 2.45. The predicted molar refractivity (Wildman–Crippen MR) is 157 cm³/mol. The molecule has 0 saturated carbocycles. The van der Waals surface area contributed by atoms with Gasteiger partial charge in [-0.1, -0.05) is 0 Å². The number of aromatic carboxylic acids is 1. The number of pyridine rings is 3. The SMILES string of the molecule is CNc1cc(F)cc2c1[nH]c1ncc(-c3cnc4c(c3)c(=O)c(C(=O)O)cn4C)c(N3C[C@H]4CCCN(C)[C@H]4C3)c12. The molecule has 0 unspecified atom stereocenters. The van der Waals surface area contributed by atoms with Crippen LogP contribution in [0.4, 0.5) is 15.8 Å². The normalized spacial score (nSPS) is 19.4. The van der Waals surface area contributed by atoms with Crippen molar-refractivity contribution in [3.05, 3.63) is 58.4 Å². The number of aryl methyl sites for hydroxylation is 1. The number of aromatic nitrogens is 4. The van der Waals surface area contributed by atoms with Crippen molar-refractivity contribution < 1.29 is 14.3 Å². The number of anilines is 2. The van der Waals surface area contributed by atoms with E-state index < -0.39 is 11.4 Å². The lowest BCUT2D eigenvalue weighted by molar-refractivity contribution is 0.0695. The van der Waals surface area contributed by atoms with Crippen LogP contribution in [-0.4, -0.2) is 75.3 Å². The Balaban J connectivity index is 1.52. The minimum Gasteiger partial charge on any atom is -0.477 e. The number of carboxylic acids is 1. The van der Waals surface area contributed by atoms with Crippen LogP contribution in [0.5, 0.6) is 0 Å². The molecule has 41 heavy (non-hydrogen) atoms. The number of likely N-dealkylation sites (N-methyl/N-ethyl adjacent to an activating group) is 1. The van der Waals surface area contributed by atoms with E-state index in [2.05, 4.69) is 32.1 Å². The highest BCUT2D eigenvalue weighted by Gasteiger charge is 2.39. The lowest BCUT2D eigenvalue weighted by Gasteiger charge is -2.33. The zero-order valence-electron chi connectivity index (χ0n) is 23.0. The number of aromatic amines is 1. The molecule has 2 aliphatic heterocycles. The van der Waals surface area contributed by atoms with Gasteiger partial charge < -0.3 is 29.8 Å². The number of nitrogens with one attached hydrogen (secondary N) is 2. The first kappa shape index (κ1) is 25.5. The van der Waals surface area contributed by atoms with Crippen LogP contribution in [0.15, 0.2) is 41.6 Å². The molecule has 5 aromatic rings. The molecule has 2 fully saturated rings. The number of piperidine rings is 1. The summed E-state index contributed by atoms with van der Waals surface area (Å²) in [6.07, 6.45) is 7.05. The minimum atomic E-state index is -1.29. The molecule has 3 N–H and O–H groups in total. The van der Waals surface area contributed by atoms with E-state index in [4.69, 9.17) is 4.98 Å². The van der Waals surface area contributed by atoms with Gasteiger partial charge >= 0.3 is 5.97 Å². The number of fused-ring (bicyclic) bond motifs is 5. The summed E-state index contributed by atoms with van der Waals surface area (Å²) in [5.74, 6) is -1.14. The lowest BCUT2D eigenvalue weighted by atomic mass is 9.93. The van der Waals surface area contributed by atoms with Crippen molar-refractivity contribution in [1.29, 1.82) is 0 Å². The van der Waals surface area contributed by atoms with Gasteiger partial charge in [0.05, 0.1) is 27.7 Å². The average Bonchev–Trinajstić information content (AvgIpc) is 3.56. The smallest absolute Gasteiger partial charge is 0.341 e. The van der Waals surface area contributed by atoms with Gasteiger partial charge in [0.1, 0.15) is 22.7 Å². The minimum absolute atomic E-state index is 0.216. The van der Waals surface area contributed by atoms with E-state index in [1.165, 1.54) is 18.3 Å². The van der Waals surface area contributed by atoms with Crippen LogP contribution in [0.25, 0.3) is 44.1 Å². The van der Waals surface area contributed by atoms with Crippen molar-refractivity contribution in [2.24, 2.45) is 13.0 Å². The molecule has 11 heteroatoms. The Hall–Kier alpha value is -4.51. The Labute approximate surface area is 234 Å². The maximum Gasteiger partial charge on any atom is 0.341 e. The first-order chi connectivity index (χ1) is 19.7. The van der Waals surface area contributed by atoms with Gasteiger partial charge in [-0.25, -0.2) is 19.2 Å². The third-order valence-electron chi connectivity index (χ3n) is 8.87. The molecule has 6 heterocycles. The number of H-pyrrole nitrogens is 1. The second-order valence-electron chi connectivity index (χ2n) is 11.2. The first-order valence-electron chi connectivity index (χ1n) is 13.7. The van der Waals surface area contributed by atoms with E-state index in [0.717, 1.165) is 60.0 Å². The molecular formula is C30H30FN7O3. The summed E-state index contributed by atoms with van der Waals surface area (Å²) >= 11 is 0. The fourth-order valence-electron chi connectivity index (χ4n) is 6.90. The van der Waals surface area contributed by atoms with Crippen molar-refractivity contribution in [3.8, 4) is 11.1 Å². The average molecular weight is 556 g/mol. The zero-order chi connectivity index (χ0) is 28.6. The van der Waals surface area contributed by atoms with Crippen molar-refractivity contribution in [3.63, 3.8) is 0 Å². The molecule has 4 aromatic heterocycles. The van der Waals surface area contributed by atoms with Gasteiger partial charge in [-0.05, 0) is 50.6 Å². The molecular weight excluding hydrogens is 525 g/mol. The maximum absolute atomic E-state index is 14.9. The number of carbonyl (C=O) groups is 1. The zero-order valence-corrected chi connectivity index (χ0v) is 23.0. The number of nitrogens with zero attached hydrogens (tertiary/aromatic N) is 5. The van der Waals surface area contributed by atoms with Crippen LogP contribution in [0, 0.1) is 11.7 Å². The van der Waals surface area contributed by atoms with Crippen molar-refractivity contribution in [1.82, 2.24) is 24.4 Å². The molecule has 0 bridgehead atoms. The number of likely N-dealkylation sites (tertiary alicyclic amines) is 1. The van der Waals surface area contributed by atoms with Gasteiger partial charge in [-0.15, -0.1) is 0 Å². The second-order valence-corrected chi connectivity index (χ2v) is 11.2. The fraction of sp³-hybridized carbons (Fsp3) is 0.333. The van der Waals surface area contributed by atoms with Crippen LogP contribution < -0.4 is 15.6 Å². The van der Waals surface area contributed by atoms with Gasteiger partial charge in [0, 0.05) is 68.3 Å². The Morgan fingerprint density at radius 3 is 2.73 bits per heavy atom. The van der Waals surface area contributed by atoms with Gasteiger partial charge in [0.2, 0.25) is 5.43 Å². The number of benzene rings is 1. The molecule has 2 saturated heterocycles. The molecule has 2 atom stereocenters. The molecule has 0 aliphatic carbocycles. The summed E-state index contributed by atoms with van der Waals surface area (Å²) in [5, 5.41) is 14.4. The molecule has 10 nitrogen and oxygen atoms in total. The van der Waals surface area contributed by atoms with Crippen molar-refractivity contribution >= 4 is 50.3 Å². The van der Waals surface area contributed by atoms with Crippen molar-refractivity contribution in [2.75, 3.05) is 43.9 Å². The molecule has 2 aliphatic rings. The molecule has 1 aromatic carbocycles. The van der Waals surface area contributed by atoms with E-state index >= 15 is 0 Å². The van der Waals surface area contributed by atoms with E-state index in [0.29, 0.717) is 34.5 Å². The number of hydrogen-bond donors (Lipinski definition) is 3. The Morgan fingerprint density at radius 2 is 1.98 bits per heavy atom. The van der Waals surface area contributed by atoms with Gasteiger partial charge in [-0.2, -0.15) is 0 Å². The number of halogens is 1. The summed E-state index contributed by atoms with van der Waals surface area (Å²) in [6.45, 7) is 2.70. The topological polar surface area (TPSA) is 119 Å². The molecule has 0 amide bonds. The maximum atomic E-state index is 14.9. The van der Waals surface area contributed by atoms with Crippen molar-refractivity contribution in [2.45, 2.75) is 18.9 Å².